The monoisotopic (exact) mass is 327 g/mol. The van der Waals surface area contributed by atoms with Crippen molar-refractivity contribution in [1.29, 1.82) is 0 Å². The maximum atomic E-state index is 12.4. The van der Waals surface area contributed by atoms with Gasteiger partial charge in [-0.15, -0.1) is 0 Å². The van der Waals surface area contributed by atoms with Crippen LogP contribution in [-0.2, 0) is 20.7 Å². The Balaban J connectivity index is 2.35. The van der Waals surface area contributed by atoms with Crippen LogP contribution >= 0.6 is 0 Å². The Morgan fingerprint density at radius 3 is 2.29 bits per heavy atom. The molecule has 24 heavy (non-hydrogen) atoms. The minimum absolute atomic E-state index is 0.245. The number of ether oxygens (including phenoxy) is 1. The van der Waals surface area contributed by atoms with Gasteiger partial charge in [0.15, 0.2) is 0 Å². The van der Waals surface area contributed by atoms with Crippen LogP contribution in [0.1, 0.15) is 24.0 Å². The zero-order chi connectivity index (χ0) is 17.5. The minimum Gasteiger partial charge on any atom is -0.481 e. The molecule has 0 aliphatic rings. The number of esters is 1. The Morgan fingerprint density at radius 2 is 1.75 bits per heavy atom. The van der Waals surface area contributed by atoms with E-state index in [1.165, 1.54) is 7.11 Å². The van der Waals surface area contributed by atoms with E-state index in [1.807, 2.05) is 37.3 Å². The number of aromatic nitrogens is 1. The van der Waals surface area contributed by atoms with Crippen LogP contribution in [0, 0.1) is 11.8 Å². The van der Waals surface area contributed by atoms with Crippen LogP contribution in [0.15, 0.2) is 54.9 Å². The highest BCUT2D eigenvalue weighted by Gasteiger charge is 2.39. The van der Waals surface area contributed by atoms with E-state index in [1.54, 1.807) is 24.5 Å². The van der Waals surface area contributed by atoms with Gasteiger partial charge < -0.3 is 9.84 Å². The van der Waals surface area contributed by atoms with Crippen LogP contribution in [0.25, 0.3) is 0 Å². The van der Waals surface area contributed by atoms with Crippen LogP contribution < -0.4 is 0 Å². The van der Waals surface area contributed by atoms with Crippen molar-refractivity contribution in [3.05, 3.63) is 66.0 Å². The zero-order valence-electron chi connectivity index (χ0n) is 13.8. The molecule has 126 valence electrons. The molecule has 2 rings (SSSR count). The molecule has 0 aliphatic carbocycles. The van der Waals surface area contributed by atoms with Gasteiger partial charge in [0.1, 0.15) is 0 Å². The van der Waals surface area contributed by atoms with E-state index in [0.29, 0.717) is 0 Å². The van der Waals surface area contributed by atoms with E-state index in [-0.39, 0.29) is 12.3 Å². The first-order valence-electron chi connectivity index (χ1n) is 7.79. The van der Waals surface area contributed by atoms with Crippen molar-refractivity contribution in [3.8, 4) is 0 Å². The summed E-state index contributed by atoms with van der Waals surface area (Å²) in [5, 5.41) is 9.72. The highest BCUT2D eigenvalue weighted by Crippen LogP contribution is 2.33. The molecule has 0 bridgehead atoms. The van der Waals surface area contributed by atoms with Gasteiger partial charge in [0.25, 0.3) is 0 Å². The van der Waals surface area contributed by atoms with Crippen molar-refractivity contribution >= 4 is 11.9 Å². The number of carboxylic acids is 1. The zero-order valence-corrected chi connectivity index (χ0v) is 13.8. The van der Waals surface area contributed by atoms with Gasteiger partial charge in [-0.25, -0.2) is 0 Å². The summed E-state index contributed by atoms with van der Waals surface area (Å²) in [6.07, 6.45) is 3.47. The lowest BCUT2D eigenvalue weighted by molar-refractivity contribution is -0.156. The SMILES string of the molecule is COC(=O)C(C(Cc1ccncc1)C(=O)O)C(C)c1ccccc1. The lowest BCUT2D eigenvalue weighted by Crippen LogP contribution is -2.36. The second-order valence-electron chi connectivity index (χ2n) is 5.75. The number of carbonyl (C=O) groups is 2. The van der Waals surface area contributed by atoms with Gasteiger partial charge in [-0.2, -0.15) is 0 Å². The molecular weight excluding hydrogens is 306 g/mol. The number of nitrogens with zero attached hydrogens (tertiary/aromatic N) is 1. The molecular formula is C19H21NO4. The number of hydrogen-bond acceptors (Lipinski definition) is 4. The summed E-state index contributed by atoms with van der Waals surface area (Å²) in [6.45, 7) is 1.86. The van der Waals surface area contributed by atoms with Crippen LogP contribution in [0.2, 0.25) is 0 Å². The second-order valence-corrected chi connectivity index (χ2v) is 5.75. The van der Waals surface area contributed by atoms with Crippen LogP contribution in [0.4, 0.5) is 0 Å². The molecule has 5 nitrogen and oxygen atoms in total. The molecule has 5 heteroatoms. The van der Waals surface area contributed by atoms with Crippen LogP contribution in [0.3, 0.4) is 0 Å². The van der Waals surface area contributed by atoms with Crippen molar-refractivity contribution < 1.29 is 19.4 Å². The molecule has 0 aliphatic heterocycles. The third-order valence-electron chi connectivity index (χ3n) is 4.29. The van der Waals surface area contributed by atoms with Gasteiger partial charge >= 0.3 is 11.9 Å². The largest absolute Gasteiger partial charge is 0.481 e. The van der Waals surface area contributed by atoms with Crippen LogP contribution in [-0.4, -0.2) is 29.1 Å². The number of carbonyl (C=O) groups excluding carboxylic acids is 1. The molecule has 1 aromatic carbocycles. The lowest BCUT2D eigenvalue weighted by Gasteiger charge is -2.27. The van der Waals surface area contributed by atoms with Gasteiger partial charge in [-0.1, -0.05) is 37.3 Å². The average molecular weight is 327 g/mol. The maximum absolute atomic E-state index is 12.4. The van der Waals surface area contributed by atoms with E-state index in [9.17, 15) is 14.7 Å². The van der Waals surface area contributed by atoms with E-state index >= 15 is 0 Å². The van der Waals surface area contributed by atoms with Crippen molar-refractivity contribution in [2.75, 3.05) is 7.11 Å². The van der Waals surface area contributed by atoms with E-state index in [0.717, 1.165) is 11.1 Å². The van der Waals surface area contributed by atoms with Crippen molar-refractivity contribution in [1.82, 2.24) is 4.98 Å². The van der Waals surface area contributed by atoms with Crippen molar-refractivity contribution in [2.24, 2.45) is 11.8 Å². The second kappa shape index (κ2) is 8.24. The Hall–Kier alpha value is -2.69. The average Bonchev–Trinajstić information content (AvgIpc) is 2.62. The summed E-state index contributed by atoms with van der Waals surface area (Å²) in [6, 6.07) is 12.9. The number of carboxylic acid groups (broad SMARTS) is 1. The fourth-order valence-electron chi connectivity index (χ4n) is 2.96. The minimum atomic E-state index is -1.01. The molecule has 1 aromatic heterocycles. The number of rotatable bonds is 7. The molecule has 0 amide bonds. The summed E-state index contributed by atoms with van der Waals surface area (Å²) >= 11 is 0. The van der Waals surface area contributed by atoms with E-state index < -0.39 is 23.8 Å². The predicted octanol–water partition coefficient (Wildman–Crippen LogP) is 2.92. The first-order valence-corrected chi connectivity index (χ1v) is 7.79. The molecule has 0 saturated carbocycles. The normalized spacial score (nSPS) is 14.4. The molecule has 0 spiro atoms. The topological polar surface area (TPSA) is 76.5 Å². The predicted molar refractivity (Wildman–Crippen MR) is 89.4 cm³/mol. The van der Waals surface area contributed by atoms with E-state index in [2.05, 4.69) is 4.98 Å². The smallest absolute Gasteiger partial charge is 0.310 e. The fraction of sp³-hybridized carbons (Fsp3) is 0.316. The Morgan fingerprint density at radius 1 is 1.12 bits per heavy atom. The Kier molecular flexibility index (Phi) is 6.07. The highest BCUT2D eigenvalue weighted by molar-refractivity contribution is 5.82. The van der Waals surface area contributed by atoms with Gasteiger partial charge in [0.2, 0.25) is 0 Å². The number of benzene rings is 1. The van der Waals surface area contributed by atoms with Gasteiger partial charge in [0.05, 0.1) is 18.9 Å². The maximum Gasteiger partial charge on any atom is 0.310 e. The fourth-order valence-corrected chi connectivity index (χ4v) is 2.96. The lowest BCUT2D eigenvalue weighted by atomic mass is 9.76. The quantitative estimate of drug-likeness (QED) is 0.791. The molecule has 1 N–H and O–H groups in total. The number of hydrogen-bond donors (Lipinski definition) is 1. The van der Waals surface area contributed by atoms with Crippen LogP contribution in [0.5, 0.6) is 0 Å². The summed E-state index contributed by atoms with van der Waals surface area (Å²) in [5.74, 6) is -3.45. The molecule has 3 unspecified atom stereocenters. The summed E-state index contributed by atoms with van der Waals surface area (Å²) in [5.41, 5.74) is 1.74. The number of aliphatic carboxylic acids is 1. The Labute approximate surface area is 141 Å². The molecule has 0 fully saturated rings. The van der Waals surface area contributed by atoms with Gasteiger partial charge in [0, 0.05) is 12.4 Å². The molecule has 1 heterocycles. The molecule has 0 saturated heterocycles. The van der Waals surface area contributed by atoms with Gasteiger partial charge in [-0.3, -0.25) is 14.6 Å². The van der Waals surface area contributed by atoms with Gasteiger partial charge in [-0.05, 0) is 35.6 Å². The summed E-state index contributed by atoms with van der Waals surface area (Å²) in [7, 11) is 1.29. The first-order chi connectivity index (χ1) is 11.5. The number of methoxy groups -OCH3 is 1. The third-order valence-corrected chi connectivity index (χ3v) is 4.29. The standard InChI is InChI=1S/C19H21NO4/c1-13(15-6-4-3-5-7-15)17(19(23)24-2)16(18(21)22)12-14-8-10-20-11-9-14/h3-11,13,16-17H,12H2,1-2H3,(H,21,22). The number of pyridine rings is 1. The Bertz CT molecular complexity index is 672. The first kappa shape index (κ1) is 17.7. The highest BCUT2D eigenvalue weighted by atomic mass is 16.5. The molecule has 3 atom stereocenters. The van der Waals surface area contributed by atoms with Crippen molar-refractivity contribution in [3.63, 3.8) is 0 Å². The summed E-state index contributed by atoms with van der Waals surface area (Å²) < 4.78 is 4.91. The third kappa shape index (κ3) is 4.19. The van der Waals surface area contributed by atoms with E-state index in [4.69, 9.17) is 4.74 Å². The van der Waals surface area contributed by atoms with Crippen molar-refractivity contribution in [2.45, 2.75) is 19.3 Å². The molecule has 2 aromatic rings. The molecule has 0 radical (unpaired) electrons. The summed E-state index contributed by atoms with van der Waals surface area (Å²) in [4.78, 5) is 28.2.